The highest BCUT2D eigenvalue weighted by Crippen LogP contribution is 2.61. The van der Waals surface area contributed by atoms with Crippen molar-refractivity contribution in [2.45, 2.75) is 36.5 Å². The summed E-state index contributed by atoms with van der Waals surface area (Å²) in [5.74, 6) is -0.396. The van der Waals surface area contributed by atoms with Crippen LogP contribution in [0.4, 0.5) is 23.4 Å². The van der Waals surface area contributed by atoms with E-state index in [1.807, 2.05) is 0 Å². The smallest absolute Gasteiger partial charge is 0.417 e. The quantitative estimate of drug-likeness (QED) is 0.676. The predicted octanol–water partition coefficient (Wildman–Crippen LogP) is 4.18. The third kappa shape index (κ3) is 3.96. The first-order valence-corrected chi connectivity index (χ1v) is 9.16. The number of carbonyl (C=O) groups is 1. The highest BCUT2D eigenvalue weighted by molar-refractivity contribution is 6.30. The minimum absolute atomic E-state index is 0.0315. The van der Waals surface area contributed by atoms with Crippen LogP contribution in [0.5, 0.6) is 5.75 Å². The minimum atomic E-state index is -4.42. The van der Waals surface area contributed by atoms with Gasteiger partial charge in [-0.2, -0.15) is 13.2 Å². The first-order chi connectivity index (χ1) is 13.6. The SMILES string of the molecule is O=C(COc1ccc(Cl)c(F)c1)NC12CC(Nc3ccc(C(F)(F)F)cn3)(C1)C2. The zero-order chi connectivity index (χ0) is 20.9. The summed E-state index contributed by atoms with van der Waals surface area (Å²) in [6.45, 7) is -0.260. The molecule has 3 aliphatic rings. The Balaban J connectivity index is 1.24. The van der Waals surface area contributed by atoms with E-state index in [-0.39, 0.29) is 34.4 Å². The Morgan fingerprint density at radius 3 is 2.48 bits per heavy atom. The lowest BCUT2D eigenvalue weighted by molar-refractivity contribution is -0.138. The van der Waals surface area contributed by atoms with Gasteiger partial charge in [-0.1, -0.05) is 11.6 Å². The summed E-state index contributed by atoms with van der Waals surface area (Å²) in [7, 11) is 0. The fraction of sp³-hybridized carbons (Fsp3) is 0.368. The Labute approximate surface area is 168 Å². The van der Waals surface area contributed by atoms with Gasteiger partial charge in [-0.25, -0.2) is 9.37 Å². The summed E-state index contributed by atoms with van der Waals surface area (Å²) in [6.07, 6.45) is -1.70. The molecule has 1 heterocycles. The molecule has 2 N–H and O–H groups in total. The molecule has 3 fully saturated rings. The number of alkyl halides is 3. The van der Waals surface area contributed by atoms with Gasteiger partial charge in [-0.05, 0) is 43.5 Å². The Morgan fingerprint density at radius 2 is 1.90 bits per heavy atom. The van der Waals surface area contributed by atoms with Gasteiger partial charge in [-0.15, -0.1) is 0 Å². The summed E-state index contributed by atoms with van der Waals surface area (Å²) < 4.78 is 56.4. The Hall–Kier alpha value is -2.55. The number of carbonyl (C=O) groups excluding carboxylic acids is 1. The molecule has 0 atom stereocenters. The van der Waals surface area contributed by atoms with Crippen LogP contribution < -0.4 is 15.4 Å². The monoisotopic (exact) mass is 429 g/mol. The van der Waals surface area contributed by atoms with Crippen LogP contribution in [0.3, 0.4) is 0 Å². The summed E-state index contributed by atoms with van der Waals surface area (Å²) in [5, 5.41) is 6.02. The van der Waals surface area contributed by atoms with E-state index in [4.69, 9.17) is 16.3 Å². The highest BCUT2D eigenvalue weighted by Gasteiger charge is 2.68. The standard InChI is InChI=1S/C19H16ClF4N3O2/c20-13-3-2-12(5-14(13)21)29-7-16(28)27-18-8-17(9-18,10-18)26-15-4-1-11(6-25-15)19(22,23)24/h1-6H,7-10H2,(H,25,26)(H,27,28). The second kappa shape index (κ2) is 6.76. The number of benzene rings is 1. The van der Waals surface area contributed by atoms with Crippen LogP contribution >= 0.6 is 11.6 Å². The topological polar surface area (TPSA) is 63.2 Å². The third-order valence-electron chi connectivity index (χ3n) is 5.18. The zero-order valence-electron chi connectivity index (χ0n) is 14.9. The summed E-state index contributed by atoms with van der Waals surface area (Å²) >= 11 is 5.59. The van der Waals surface area contributed by atoms with Crippen molar-refractivity contribution in [2.24, 2.45) is 0 Å². The largest absolute Gasteiger partial charge is 0.484 e. The van der Waals surface area contributed by atoms with Crippen molar-refractivity contribution in [1.82, 2.24) is 10.3 Å². The molecule has 3 aliphatic carbocycles. The van der Waals surface area contributed by atoms with Crippen LogP contribution in [-0.2, 0) is 11.0 Å². The van der Waals surface area contributed by atoms with Crippen molar-refractivity contribution in [3.8, 4) is 5.75 Å². The van der Waals surface area contributed by atoms with Crippen molar-refractivity contribution in [1.29, 1.82) is 0 Å². The van der Waals surface area contributed by atoms with E-state index in [1.165, 1.54) is 18.2 Å². The van der Waals surface area contributed by atoms with E-state index in [9.17, 15) is 22.4 Å². The molecule has 2 bridgehead atoms. The van der Waals surface area contributed by atoms with E-state index >= 15 is 0 Å². The van der Waals surface area contributed by atoms with Gasteiger partial charge in [0.2, 0.25) is 0 Å². The molecule has 154 valence electrons. The number of nitrogens with zero attached hydrogens (tertiary/aromatic N) is 1. The zero-order valence-corrected chi connectivity index (χ0v) is 15.7. The van der Waals surface area contributed by atoms with E-state index in [0.717, 1.165) is 18.3 Å². The minimum Gasteiger partial charge on any atom is -0.484 e. The van der Waals surface area contributed by atoms with Gasteiger partial charge < -0.3 is 15.4 Å². The molecule has 10 heteroatoms. The van der Waals surface area contributed by atoms with Gasteiger partial charge in [0.05, 0.1) is 10.6 Å². The predicted molar refractivity (Wildman–Crippen MR) is 97.2 cm³/mol. The molecule has 2 aromatic rings. The van der Waals surface area contributed by atoms with Crippen molar-refractivity contribution in [2.75, 3.05) is 11.9 Å². The molecule has 0 saturated heterocycles. The Bertz CT molecular complexity index is 930. The molecule has 0 spiro atoms. The maximum atomic E-state index is 13.4. The molecule has 0 radical (unpaired) electrons. The number of hydrogen-bond acceptors (Lipinski definition) is 4. The number of ether oxygens (including phenoxy) is 1. The van der Waals surface area contributed by atoms with Gasteiger partial charge in [0.15, 0.2) is 6.61 Å². The summed E-state index contributed by atoms with van der Waals surface area (Å²) in [5.41, 5.74) is -1.41. The molecule has 5 nitrogen and oxygen atoms in total. The fourth-order valence-corrected chi connectivity index (χ4v) is 4.13. The molecular formula is C19H16ClF4N3O2. The number of aromatic nitrogens is 1. The lowest BCUT2D eigenvalue weighted by Gasteiger charge is -2.70. The average Bonchev–Trinajstić information content (AvgIpc) is 2.59. The van der Waals surface area contributed by atoms with Gasteiger partial charge >= 0.3 is 6.18 Å². The van der Waals surface area contributed by atoms with Crippen LogP contribution in [0.25, 0.3) is 0 Å². The second-order valence-electron chi connectivity index (χ2n) is 7.56. The molecule has 5 rings (SSSR count). The second-order valence-corrected chi connectivity index (χ2v) is 7.97. The van der Waals surface area contributed by atoms with Crippen LogP contribution in [0.2, 0.25) is 5.02 Å². The van der Waals surface area contributed by atoms with E-state index in [2.05, 4.69) is 15.6 Å². The third-order valence-corrected chi connectivity index (χ3v) is 5.49. The molecule has 1 amide bonds. The molecule has 1 aromatic carbocycles. The first kappa shape index (κ1) is 19.8. The Kier molecular flexibility index (Phi) is 4.60. The van der Waals surface area contributed by atoms with Gasteiger partial charge in [0.25, 0.3) is 5.91 Å². The summed E-state index contributed by atoms with van der Waals surface area (Å²) in [4.78, 5) is 15.9. The van der Waals surface area contributed by atoms with Crippen LogP contribution in [-0.4, -0.2) is 28.6 Å². The fourth-order valence-electron chi connectivity index (χ4n) is 4.01. The maximum absolute atomic E-state index is 13.4. The van der Waals surface area contributed by atoms with Crippen molar-refractivity contribution >= 4 is 23.3 Å². The number of nitrogens with one attached hydrogen (secondary N) is 2. The molecule has 0 unspecified atom stereocenters. The molecule has 1 aromatic heterocycles. The number of amides is 1. The first-order valence-electron chi connectivity index (χ1n) is 8.79. The molecule has 3 saturated carbocycles. The van der Waals surface area contributed by atoms with Crippen molar-refractivity contribution in [3.63, 3.8) is 0 Å². The van der Waals surface area contributed by atoms with E-state index < -0.39 is 17.6 Å². The number of hydrogen-bond donors (Lipinski definition) is 2. The number of pyridine rings is 1. The van der Waals surface area contributed by atoms with Crippen LogP contribution in [0.15, 0.2) is 36.5 Å². The van der Waals surface area contributed by atoms with Crippen molar-refractivity contribution < 1.29 is 27.1 Å². The average molecular weight is 430 g/mol. The van der Waals surface area contributed by atoms with Gasteiger partial charge in [-0.3, -0.25) is 4.79 Å². The number of halogens is 5. The van der Waals surface area contributed by atoms with Gasteiger partial charge in [0, 0.05) is 23.3 Å². The number of rotatable bonds is 6. The summed E-state index contributed by atoms with van der Waals surface area (Å²) in [6, 6.07) is 6.20. The molecule has 29 heavy (non-hydrogen) atoms. The van der Waals surface area contributed by atoms with Crippen LogP contribution in [0, 0.1) is 5.82 Å². The lowest BCUT2D eigenvalue weighted by Crippen LogP contribution is -2.81. The van der Waals surface area contributed by atoms with Gasteiger partial charge in [0.1, 0.15) is 17.4 Å². The van der Waals surface area contributed by atoms with E-state index in [1.54, 1.807) is 0 Å². The van der Waals surface area contributed by atoms with Crippen LogP contribution in [0.1, 0.15) is 24.8 Å². The normalized spacial score (nSPS) is 24.9. The lowest BCUT2D eigenvalue weighted by atomic mass is 9.44. The maximum Gasteiger partial charge on any atom is 0.417 e. The van der Waals surface area contributed by atoms with E-state index in [0.29, 0.717) is 25.1 Å². The highest BCUT2D eigenvalue weighted by atomic mass is 35.5. The molecule has 0 aliphatic heterocycles. The molecular weight excluding hydrogens is 414 g/mol. The van der Waals surface area contributed by atoms with Crippen molar-refractivity contribution in [3.05, 3.63) is 52.9 Å². The Morgan fingerprint density at radius 1 is 1.17 bits per heavy atom. The number of anilines is 1.